The lowest BCUT2D eigenvalue weighted by Crippen LogP contribution is -2.22. The Kier molecular flexibility index (Phi) is 6.55. The van der Waals surface area contributed by atoms with E-state index in [1.54, 1.807) is 0 Å². The lowest BCUT2D eigenvalue weighted by atomic mass is 10.2. The fourth-order valence-electron chi connectivity index (χ4n) is 1.45. The number of nitrogens with one attached hydrogen (secondary N) is 1. The van der Waals surface area contributed by atoms with Crippen molar-refractivity contribution in [2.75, 3.05) is 19.7 Å². The monoisotopic (exact) mass is 243 g/mol. The molecule has 0 unspecified atom stereocenters. The van der Waals surface area contributed by atoms with Crippen LogP contribution in [-0.4, -0.2) is 19.7 Å². The van der Waals surface area contributed by atoms with E-state index >= 15 is 0 Å². The van der Waals surface area contributed by atoms with Gasteiger partial charge in [0.2, 0.25) is 0 Å². The van der Waals surface area contributed by atoms with Gasteiger partial charge in [-0.15, -0.1) is 0 Å². The van der Waals surface area contributed by atoms with Crippen LogP contribution in [0.15, 0.2) is 18.2 Å². The molecule has 0 aliphatic carbocycles. The summed E-state index contributed by atoms with van der Waals surface area (Å²) in [5.41, 5.74) is 0. The Hall–Kier alpha value is -1.16. The molecule has 1 aromatic carbocycles. The van der Waals surface area contributed by atoms with Gasteiger partial charge in [0.25, 0.3) is 0 Å². The van der Waals surface area contributed by atoms with Gasteiger partial charge >= 0.3 is 0 Å². The summed E-state index contributed by atoms with van der Waals surface area (Å²) in [4.78, 5) is 0. The molecule has 1 N–H and O–H groups in total. The van der Waals surface area contributed by atoms with Gasteiger partial charge in [0, 0.05) is 12.6 Å². The summed E-state index contributed by atoms with van der Waals surface area (Å²) in [6.45, 7) is 4.06. The maximum atomic E-state index is 13.1. The molecule has 4 heteroatoms. The van der Waals surface area contributed by atoms with Crippen LogP contribution in [-0.2, 0) is 0 Å². The van der Waals surface area contributed by atoms with E-state index in [1.807, 2.05) is 0 Å². The van der Waals surface area contributed by atoms with E-state index in [2.05, 4.69) is 12.2 Å². The summed E-state index contributed by atoms with van der Waals surface area (Å²) < 4.78 is 31.1. The molecular formula is C13H19F2NO. The SMILES string of the molecule is CCCCCNCCOc1cc(F)ccc1F. The van der Waals surface area contributed by atoms with Crippen LogP contribution in [0, 0.1) is 11.6 Å². The highest BCUT2D eigenvalue weighted by molar-refractivity contribution is 5.24. The molecule has 0 radical (unpaired) electrons. The predicted molar refractivity (Wildman–Crippen MR) is 64.2 cm³/mol. The van der Waals surface area contributed by atoms with Gasteiger partial charge in [-0.25, -0.2) is 8.78 Å². The number of hydrogen-bond acceptors (Lipinski definition) is 2. The third kappa shape index (κ3) is 5.63. The topological polar surface area (TPSA) is 21.3 Å². The quantitative estimate of drug-likeness (QED) is 0.708. The second-order valence-corrected chi connectivity index (χ2v) is 3.88. The Morgan fingerprint density at radius 3 is 2.76 bits per heavy atom. The van der Waals surface area contributed by atoms with Crippen molar-refractivity contribution in [3.05, 3.63) is 29.8 Å². The molecule has 0 spiro atoms. The van der Waals surface area contributed by atoms with Crippen LogP contribution < -0.4 is 10.1 Å². The summed E-state index contributed by atoms with van der Waals surface area (Å²) in [5.74, 6) is -1.05. The van der Waals surface area contributed by atoms with E-state index in [0.717, 1.165) is 31.2 Å². The van der Waals surface area contributed by atoms with Crippen LogP contribution in [0.5, 0.6) is 5.75 Å². The van der Waals surface area contributed by atoms with E-state index < -0.39 is 11.6 Å². The molecule has 17 heavy (non-hydrogen) atoms. The molecule has 0 saturated heterocycles. The summed E-state index contributed by atoms with van der Waals surface area (Å²) >= 11 is 0. The van der Waals surface area contributed by atoms with Gasteiger partial charge in [-0.2, -0.15) is 0 Å². The zero-order valence-corrected chi connectivity index (χ0v) is 10.1. The number of benzene rings is 1. The van der Waals surface area contributed by atoms with Crippen LogP contribution >= 0.6 is 0 Å². The van der Waals surface area contributed by atoms with E-state index in [9.17, 15) is 8.78 Å². The van der Waals surface area contributed by atoms with E-state index in [1.165, 1.54) is 12.8 Å². The maximum Gasteiger partial charge on any atom is 0.165 e. The average Bonchev–Trinajstić information content (AvgIpc) is 2.32. The molecule has 1 rings (SSSR count). The molecule has 0 bridgehead atoms. The van der Waals surface area contributed by atoms with Crippen molar-refractivity contribution in [3.63, 3.8) is 0 Å². The fraction of sp³-hybridized carbons (Fsp3) is 0.538. The predicted octanol–water partition coefficient (Wildman–Crippen LogP) is 3.12. The Balaban J connectivity index is 2.15. The number of rotatable bonds is 8. The van der Waals surface area contributed by atoms with Gasteiger partial charge in [-0.3, -0.25) is 0 Å². The van der Waals surface area contributed by atoms with Crippen molar-refractivity contribution in [3.8, 4) is 5.75 Å². The van der Waals surface area contributed by atoms with Gasteiger partial charge in [-0.1, -0.05) is 19.8 Å². The second kappa shape index (κ2) is 8.01. The standard InChI is InChI=1S/C13H19F2NO/c1-2-3-4-7-16-8-9-17-13-10-11(14)5-6-12(13)15/h5-6,10,16H,2-4,7-9H2,1H3. The minimum atomic E-state index is -0.530. The Morgan fingerprint density at radius 1 is 1.18 bits per heavy atom. The zero-order chi connectivity index (χ0) is 12.5. The van der Waals surface area contributed by atoms with Gasteiger partial charge in [0.1, 0.15) is 12.4 Å². The first-order chi connectivity index (χ1) is 8.24. The largest absolute Gasteiger partial charge is 0.489 e. The molecule has 0 amide bonds. The Bertz CT molecular complexity index is 331. The van der Waals surface area contributed by atoms with Crippen molar-refractivity contribution < 1.29 is 13.5 Å². The Labute approximate surface area is 101 Å². The average molecular weight is 243 g/mol. The van der Waals surface area contributed by atoms with Crippen molar-refractivity contribution >= 4 is 0 Å². The van der Waals surface area contributed by atoms with Gasteiger partial charge in [0.05, 0.1) is 0 Å². The first-order valence-electron chi connectivity index (χ1n) is 6.02. The van der Waals surface area contributed by atoms with Crippen LogP contribution in [0.2, 0.25) is 0 Å². The van der Waals surface area contributed by atoms with E-state index in [-0.39, 0.29) is 5.75 Å². The van der Waals surface area contributed by atoms with Gasteiger partial charge < -0.3 is 10.1 Å². The summed E-state index contributed by atoms with van der Waals surface area (Å²) in [6.07, 6.45) is 3.52. The molecule has 96 valence electrons. The minimum absolute atomic E-state index is 0.0274. The number of unbranched alkanes of at least 4 members (excludes halogenated alkanes) is 2. The normalized spacial score (nSPS) is 10.5. The summed E-state index contributed by atoms with van der Waals surface area (Å²) in [7, 11) is 0. The number of halogens is 2. The third-order valence-electron chi connectivity index (χ3n) is 2.39. The first-order valence-corrected chi connectivity index (χ1v) is 6.02. The Morgan fingerprint density at radius 2 is 2.00 bits per heavy atom. The highest BCUT2D eigenvalue weighted by Gasteiger charge is 2.04. The molecule has 2 nitrogen and oxygen atoms in total. The molecule has 0 atom stereocenters. The number of ether oxygens (including phenoxy) is 1. The molecule has 0 fully saturated rings. The van der Waals surface area contributed by atoms with Crippen LogP contribution in [0.3, 0.4) is 0 Å². The second-order valence-electron chi connectivity index (χ2n) is 3.88. The third-order valence-corrected chi connectivity index (χ3v) is 2.39. The summed E-state index contributed by atoms with van der Waals surface area (Å²) in [6, 6.07) is 3.21. The van der Waals surface area contributed by atoms with Crippen molar-refractivity contribution in [2.24, 2.45) is 0 Å². The lowest BCUT2D eigenvalue weighted by Gasteiger charge is -2.08. The van der Waals surface area contributed by atoms with Gasteiger partial charge in [0.15, 0.2) is 11.6 Å². The van der Waals surface area contributed by atoms with Crippen molar-refractivity contribution in [1.29, 1.82) is 0 Å². The highest BCUT2D eigenvalue weighted by atomic mass is 19.1. The van der Waals surface area contributed by atoms with Crippen LogP contribution in [0.25, 0.3) is 0 Å². The van der Waals surface area contributed by atoms with Gasteiger partial charge in [-0.05, 0) is 25.1 Å². The molecule has 0 heterocycles. The molecule has 0 aromatic heterocycles. The molecular weight excluding hydrogens is 224 g/mol. The molecule has 0 aliphatic rings. The molecule has 0 aliphatic heterocycles. The van der Waals surface area contributed by atoms with E-state index in [0.29, 0.717) is 13.2 Å². The number of hydrogen-bond donors (Lipinski definition) is 1. The van der Waals surface area contributed by atoms with Crippen LogP contribution in [0.1, 0.15) is 26.2 Å². The molecule has 1 aromatic rings. The van der Waals surface area contributed by atoms with Crippen molar-refractivity contribution in [2.45, 2.75) is 26.2 Å². The minimum Gasteiger partial charge on any atom is -0.489 e. The smallest absolute Gasteiger partial charge is 0.165 e. The first kappa shape index (κ1) is 13.9. The fourth-order valence-corrected chi connectivity index (χ4v) is 1.45. The van der Waals surface area contributed by atoms with E-state index in [4.69, 9.17) is 4.74 Å². The van der Waals surface area contributed by atoms with Crippen molar-refractivity contribution in [1.82, 2.24) is 5.32 Å². The maximum absolute atomic E-state index is 13.1. The van der Waals surface area contributed by atoms with Crippen LogP contribution in [0.4, 0.5) is 8.78 Å². The highest BCUT2D eigenvalue weighted by Crippen LogP contribution is 2.17. The molecule has 0 saturated carbocycles. The lowest BCUT2D eigenvalue weighted by molar-refractivity contribution is 0.296. The summed E-state index contributed by atoms with van der Waals surface area (Å²) in [5, 5.41) is 3.18. The zero-order valence-electron chi connectivity index (χ0n) is 10.1.